The Morgan fingerprint density at radius 1 is 0.238 bits per heavy atom. The molecule has 0 radical (unpaired) electrons. The van der Waals surface area contributed by atoms with E-state index in [-0.39, 0.29) is 0 Å². The Labute approximate surface area is 369 Å². The van der Waals surface area contributed by atoms with Gasteiger partial charge in [-0.3, -0.25) is 0 Å². The van der Waals surface area contributed by atoms with Gasteiger partial charge in [-0.15, -0.1) is 0 Å². The van der Waals surface area contributed by atoms with Crippen molar-refractivity contribution in [2.24, 2.45) is 0 Å². The predicted octanol–water partition coefficient (Wildman–Crippen LogP) is 10.9. The van der Waals surface area contributed by atoms with Crippen molar-refractivity contribution in [2.75, 3.05) is 9.80 Å². The maximum Gasteiger partial charge on any atom is 0.179 e. The van der Waals surface area contributed by atoms with Crippen molar-refractivity contribution in [3.05, 3.63) is 256 Å². The molecule has 0 aliphatic carbocycles. The zero-order valence-corrected chi connectivity index (χ0v) is 35.4. The van der Waals surface area contributed by atoms with Crippen molar-refractivity contribution in [3.63, 3.8) is 0 Å². The molecule has 0 saturated carbocycles. The van der Waals surface area contributed by atoms with Crippen LogP contribution in [-0.2, 0) is 0 Å². The van der Waals surface area contributed by atoms with Crippen molar-refractivity contribution in [1.82, 2.24) is 19.9 Å². The lowest BCUT2D eigenvalue weighted by Gasteiger charge is -2.34. The number of hydrogen-bond donors (Lipinski definition) is 0. The summed E-state index contributed by atoms with van der Waals surface area (Å²) < 4.78 is 0. The zero-order valence-electron chi connectivity index (χ0n) is 34.4. The summed E-state index contributed by atoms with van der Waals surface area (Å²) in [6.45, 7) is 0. The first-order valence-corrected chi connectivity index (χ1v) is 23.0. The van der Waals surface area contributed by atoms with Gasteiger partial charge in [-0.1, -0.05) is 170 Å². The standard InChI is InChI=1S/C56H42N6Si/c1-5-13-47(14-6-1)61(48-15-7-2-8-16-48)49-29-21-43(22-30-49)45-25-33-55(34-26-45)63(53-17-9-3-10-18-53,54-19-11-4-12-20-54)56-35-27-46(28-36-56)44-23-31-50(32-24-44)62(51-37-57-41-58-38-51)52-39-59-42-60-40-52/h1-42H. The minimum absolute atomic E-state index is 0.826. The molecule has 0 atom stereocenters. The molecule has 0 bridgehead atoms. The van der Waals surface area contributed by atoms with E-state index < -0.39 is 8.07 Å². The summed E-state index contributed by atoms with van der Waals surface area (Å²) in [6, 6.07) is 79.3. The Hall–Kier alpha value is -8.26. The third kappa shape index (κ3) is 7.81. The number of anilines is 6. The predicted molar refractivity (Wildman–Crippen MR) is 261 cm³/mol. The van der Waals surface area contributed by atoms with Gasteiger partial charge in [0.2, 0.25) is 0 Å². The first-order chi connectivity index (χ1) is 31.3. The molecule has 300 valence electrons. The van der Waals surface area contributed by atoms with Crippen LogP contribution in [0.15, 0.2) is 256 Å². The van der Waals surface area contributed by atoms with E-state index in [1.54, 1.807) is 24.8 Å². The molecule has 0 aliphatic heterocycles. The number of hydrogen-bond acceptors (Lipinski definition) is 6. The Morgan fingerprint density at radius 2 is 0.492 bits per heavy atom. The number of para-hydroxylation sites is 2. The average Bonchev–Trinajstić information content (AvgIpc) is 3.37. The van der Waals surface area contributed by atoms with Gasteiger partial charge in [0.1, 0.15) is 12.7 Å². The van der Waals surface area contributed by atoms with E-state index in [0.717, 1.165) is 45.3 Å². The average molecular weight is 827 g/mol. The van der Waals surface area contributed by atoms with Gasteiger partial charge in [0.05, 0.1) is 36.2 Å². The van der Waals surface area contributed by atoms with Gasteiger partial charge in [0.25, 0.3) is 0 Å². The van der Waals surface area contributed by atoms with Gasteiger partial charge in [-0.05, 0) is 91.5 Å². The second kappa shape index (κ2) is 17.8. The first-order valence-electron chi connectivity index (χ1n) is 21.0. The molecule has 8 aromatic carbocycles. The van der Waals surface area contributed by atoms with Crippen molar-refractivity contribution >= 4 is 62.9 Å². The number of nitrogens with zero attached hydrogens (tertiary/aromatic N) is 6. The summed E-state index contributed by atoms with van der Waals surface area (Å²) >= 11 is 0. The van der Waals surface area contributed by atoms with Gasteiger partial charge in [0, 0.05) is 22.7 Å². The maximum atomic E-state index is 4.27. The zero-order chi connectivity index (χ0) is 42.3. The fourth-order valence-electron chi connectivity index (χ4n) is 8.67. The number of aromatic nitrogens is 4. The summed E-state index contributed by atoms with van der Waals surface area (Å²) in [4.78, 5) is 21.4. The molecule has 2 heterocycles. The Kier molecular flexibility index (Phi) is 11.0. The van der Waals surface area contributed by atoms with E-state index in [1.165, 1.54) is 44.5 Å². The lowest BCUT2D eigenvalue weighted by atomic mass is 10.0. The molecule has 0 spiro atoms. The van der Waals surface area contributed by atoms with Crippen LogP contribution < -0.4 is 30.5 Å². The molecule has 10 aromatic rings. The highest BCUT2D eigenvalue weighted by atomic mass is 28.3. The summed E-state index contributed by atoms with van der Waals surface area (Å²) in [5.41, 5.74) is 10.6. The van der Waals surface area contributed by atoms with Crippen molar-refractivity contribution in [1.29, 1.82) is 0 Å². The van der Waals surface area contributed by atoms with Crippen molar-refractivity contribution in [3.8, 4) is 22.3 Å². The third-order valence-electron chi connectivity index (χ3n) is 11.6. The van der Waals surface area contributed by atoms with Crippen LogP contribution in [0.25, 0.3) is 22.3 Å². The van der Waals surface area contributed by atoms with E-state index >= 15 is 0 Å². The fraction of sp³-hybridized carbons (Fsp3) is 0. The molecule has 0 amide bonds. The largest absolute Gasteiger partial charge is 0.311 e. The van der Waals surface area contributed by atoms with Gasteiger partial charge >= 0.3 is 0 Å². The Balaban J connectivity index is 1.00. The summed E-state index contributed by atoms with van der Waals surface area (Å²) in [6.07, 6.45) is 10.2. The molecule has 63 heavy (non-hydrogen) atoms. The quantitative estimate of drug-likeness (QED) is 0.0903. The first kappa shape index (κ1) is 38.9. The Morgan fingerprint density at radius 3 is 0.825 bits per heavy atom. The summed E-state index contributed by atoms with van der Waals surface area (Å²) in [7, 11) is -2.78. The van der Waals surface area contributed by atoms with Crippen LogP contribution in [0.5, 0.6) is 0 Å². The minimum Gasteiger partial charge on any atom is -0.311 e. The second-order valence-corrected chi connectivity index (χ2v) is 19.1. The molecular weight excluding hydrogens is 785 g/mol. The normalized spacial score (nSPS) is 11.2. The van der Waals surface area contributed by atoms with Crippen LogP contribution in [0.2, 0.25) is 0 Å². The van der Waals surface area contributed by atoms with E-state index in [2.05, 4.69) is 248 Å². The van der Waals surface area contributed by atoms with Crippen LogP contribution in [-0.4, -0.2) is 28.0 Å². The van der Waals surface area contributed by atoms with Gasteiger partial charge in [-0.2, -0.15) is 0 Å². The summed E-state index contributed by atoms with van der Waals surface area (Å²) in [5, 5.41) is 5.31. The third-order valence-corrected chi connectivity index (χ3v) is 16.4. The Bertz CT molecular complexity index is 2710. The lowest BCUT2D eigenvalue weighted by molar-refractivity contribution is 1.10. The maximum absolute atomic E-state index is 4.27. The van der Waals surface area contributed by atoms with Crippen LogP contribution in [0, 0.1) is 0 Å². The highest BCUT2D eigenvalue weighted by Crippen LogP contribution is 2.36. The summed E-state index contributed by atoms with van der Waals surface area (Å²) in [5.74, 6) is 0. The lowest BCUT2D eigenvalue weighted by Crippen LogP contribution is -2.74. The monoisotopic (exact) mass is 826 g/mol. The van der Waals surface area contributed by atoms with E-state index in [1.807, 2.05) is 0 Å². The highest BCUT2D eigenvalue weighted by Gasteiger charge is 2.41. The smallest absolute Gasteiger partial charge is 0.179 e. The van der Waals surface area contributed by atoms with E-state index in [0.29, 0.717) is 0 Å². The van der Waals surface area contributed by atoms with E-state index in [4.69, 9.17) is 0 Å². The minimum atomic E-state index is -2.78. The molecule has 6 nitrogen and oxygen atoms in total. The van der Waals surface area contributed by atoms with Crippen LogP contribution in [0.1, 0.15) is 0 Å². The molecule has 7 heteroatoms. The molecule has 2 aromatic heterocycles. The van der Waals surface area contributed by atoms with Crippen molar-refractivity contribution in [2.45, 2.75) is 0 Å². The fourth-order valence-corrected chi connectivity index (χ4v) is 13.4. The molecule has 0 unspecified atom stereocenters. The SMILES string of the molecule is c1ccc(N(c2ccccc2)c2ccc(-c3ccc([Si](c4ccccc4)(c4ccccc4)c4ccc(-c5ccc(N(c6cncnc6)c6cncnc6)cc5)cc4)cc3)cc2)cc1. The van der Waals surface area contributed by atoms with Gasteiger partial charge < -0.3 is 9.80 Å². The molecule has 0 fully saturated rings. The molecule has 0 aliphatic rings. The molecule has 0 saturated heterocycles. The van der Waals surface area contributed by atoms with Crippen LogP contribution in [0.4, 0.5) is 34.1 Å². The topological polar surface area (TPSA) is 58.0 Å². The number of benzene rings is 8. The van der Waals surface area contributed by atoms with Crippen molar-refractivity contribution < 1.29 is 0 Å². The van der Waals surface area contributed by atoms with Crippen LogP contribution >= 0.6 is 0 Å². The molecule has 10 rings (SSSR count). The van der Waals surface area contributed by atoms with Crippen LogP contribution in [0.3, 0.4) is 0 Å². The highest BCUT2D eigenvalue weighted by molar-refractivity contribution is 7.19. The number of rotatable bonds is 12. The molecule has 0 N–H and O–H groups in total. The van der Waals surface area contributed by atoms with Gasteiger partial charge in [-0.25, -0.2) is 19.9 Å². The molecular formula is C56H42N6Si. The van der Waals surface area contributed by atoms with Gasteiger partial charge in [0.15, 0.2) is 8.07 Å². The van der Waals surface area contributed by atoms with E-state index in [9.17, 15) is 0 Å². The second-order valence-electron chi connectivity index (χ2n) is 15.3.